The van der Waals surface area contributed by atoms with Gasteiger partial charge in [0, 0.05) is 25.2 Å². The fourth-order valence-corrected chi connectivity index (χ4v) is 3.19. The van der Waals surface area contributed by atoms with E-state index in [1.54, 1.807) is 19.2 Å². The van der Waals surface area contributed by atoms with E-state index in [0.29, 0.717) is 5.69 Å². The van der Waals surface area contributed by atoms with E-state index in [1.165, 1.54) is 17.0 Å². The normalized spacial score (nSPS) is 12.1. The molecule has 0 aliphatic rings. The summed E-state index contributed by atoms with van der Waals surface area (Å²) in [5, 5.41) is 0. The van der Waals surface area contributed by atoms with Crippen molar-refractivity contribution in [1.29, 1.82) is 0 Å². The molecule has 3 aromatic heterocycles. The molecule has 0 N–H and O–H groups in total. The topological polar surface area (TPSA) is 88.9 Å². The number of alkyl halides is 3. The molecule has 3 aromatic rings. The Morgan fingerprint density at radius 1 is 1.03 bits per heavy atom. The van der Waals surface area contributed by atoms with Crippen molar-refractivity contribution >= 4 is 15.8 Å². The van der Waals surface area contributed by atoms with Gasteiger partial charge in [-0.2, -0.15) is 13.2 Å². The molecule has 0 aliphatic heterocycles. The van der Waals surface area contributed by atoms with Crippen molar-refractivity contribution in [2.24, 2.45) is 0 Å². The first-order valence-electron chi connectivity index (χ1n) is 8.70. The molecule has 0 radical (unpaired) electrons. The minimum atomic E-state index is -4.69. The zero-order valence-electron chi connectivity index (χ0n) is 16.3. The minimum absolute atomic E-state index is 0.0424. The average molecular weight is 437 g/mol. The predicted octanol–water partition coefficient (Wildman–Crippen LogP) is 3.30. The van der Waals surface area contributed by atoms with Crippen LogP contribution in [0.3, 0.4) is 0 Å². The molecule has 3 rings (SSSR count). The van der Waals surface area contributed by atoms with Crippen molar-refractivity contribution < 1.29 is 21.6 Å². The van der Waals surface area contributed by atoms with Gasteiger partial charge in [-0.15, -0.1) is 0 Å². The SMILES string of the molecule is Cc1cccc(CN(C)c2nc(-c3ccc(S(C)(=O)=O)cn3)cc(C(F)(F)F)n2)n1. The van der Waals surface area contributed by atoms with Crippen molar-refractivity contribution in [3.63, 3.8) is 0 Å². The lowest BCUT2D eigenvalue weighted by Gasteiger charge is -2.19. The first-order chi connectivity index (χ1) is 13.9. The van der Waals surface area contributed by atoms with Crippen LogP contribution in [0.1, 0.15) is 17.1 Å². The molecule has 0 saturated carbocycles. The highest BCUT2D eigenvalue weighted by Gasteiger charge is 2.34. The Hall–Kier alpha value is -3.08. The van der Waals surface area contributed by atoms with E-state index in [2.05, 4.69) is 19.9 Å². The van der Waals surface area contributed by atoms with Gasteiger partial charge in [-0.1, -0.05) is 6.07 Å². The minimum Gasteiger partial charge on any atom is -0.338 e. The second-order valence-corrected chi connectivity index (χ2v) is 8.73. The number of hydrogen-bond acceptors (Lipinski definition) is 7. The maximum absolute atomic E-state index is 13.4. The van der Waals surface area contributed by atoms with Gasteiger partial charge < -0.3 is 4.90 Å². The first kappa shape index (κ1) is 21.6. The third-order valence-corrected chi connectivity index (χ3v) is 5.22. The summed E-state index contributed by atoms with van der Waals surface area (Å²) in [5.41, 5.74) is 0.327. The van der Waals surface area contributed by atoms with E-state index in [4.69, 9.17) is 0 Å². The molecular weight excluding hydrogens is 419 g/mol. The average Bonchev–Trinajstić information content (AvgIpc) is 2.66. The molecule has 30 heavy (non-hydrogen) atoms. The zero-order valence-corrected chi connectivity index (χ0v) is 17.2. The number of pyridine rings is 2. The van der Waals surface area contributed by atoms with Gasteiger partial charge in [-0.05, 0) is 37.3 Å². The smallest absolute Gasteiger partial charge is 0.338 e. The maximum Gasteiger partial charge on any atom is 0.433 e. The zero-order chi connectivity index (χ0) is 22.1. The standard InChI is InChI=1S/C19H18F3N5O2S/c1-12-5-4-6-13(24-12)11-27(2)18-25-16(9-17(26-18)19(20,21)22)15-8-7-14(10-23-15)30(3,28)29/h4-10H,11H2,1-3H3. The molecule has 0 fully saturated rings. The summed E-state index contributed by atoms with van der Waals surface area (Å²) in [7, 11) is -1.92. The molecule has 0 saturated heterocycles. The van der Waals surface area contributed by atoms with Crippen LogP contribution in [0.2, 0.25) is 0 Å². The van der Waals surface area contributed by atoms with Gasteiger partial charge in [-0.3, -0.25) is 9.97 Å². The summed E-state index contributed by atoms with van der Waals surface area (Å²) in [5.74, 6) is -0.155. The maximum atomic E-state index is 13.4. The van der Waals surface area contributed by atoms with Crippen LogP contribution in [0, 0.1) is 6.92 Å². The Morgan fingerprint density at radius 3 is 2.33 bits per heavy atom. The Kier molecular flexibility index (Phi) is 5.75. The lowest BCUT2D eigenvalue weighted by molar-refractivity contribution is -0.141. The Labute approximate surface area is 171 Å². The van der Waals surface area contributed by atoms with Gasteiger partial charge in [0.1, 0.15) is 0 Å². The Bertz CT molecular complexity index is 1170. The number of hydrogen-bond donors (Lipinski definition) is 0. The fraction of sp³-hybridized carbons (Fsp3) is 0.263. The molecule has 0 amide bonds. The number of halogens is 3. The van der Waals surface area contributed by atoms with Crippen LogP contribution in [0.5, 0.6) is 0 Å². The highest BCUT2D eigenvalue weighted by molar-refractivity contribution is 7.90. The number of anilines is 1. The predicted molar refractivity (Wildman–Crippen MR) is 104 cm³/mol. The summed E-state index contributed by atoms with van der Waals surface area (Å²) in [4.78, 5) is 17.6. The molecule has 11 heteroatoms. The Balaban J connectivity index is 2.02. The van der Waals surface area contributed by atoms with Crippen LogP contribution in [-0.2, 0) is 22.6 Å². The second kappa shape index (κ2) is 7.98. The first-order valence-corrected chi connectivity index (χ1v) is 10.6. The molecule has 0 bridgehead atoms. The molecule has 158 valence electrons. The van der Waals surface area contributed by atoms with E-state index in [1.807, 2.05) is 13.0 Å². The summed E-state index contributed by atoms with van der Waals surface area (Å²) in [6, 6.07) is 8.73. The number of aromatic nitrogens is 4. The number of sulfone groups is 1. The van der Waals surface area contributed by atoms with Crippen molar-refractivity contribution in [2.45, 2.75) is 24.5 Å². The van der Waals surface area contributed by atoms with E-state index in [-0.39, 0.29) is 28.8 Å². The second-order valence-electron chi connectivity index (χ2n) is 6.71. The largest absolute Gasteiger partial charge is 0.433 e. The van der Waals surface area contributed by atoms with Crippen molar-refractivity contribution in [2.75, 3.05) is 18.2 Å². The van der Waals surface area contributed by atoms with Crippen LogP contribution >= 0.6 is 0 Å². The molecule has 0 atom stereocenters. The summed E-state index contributed by atoms with van der Waals surface area (Å²) in [6.07, 6.45) is -2.59. The third-order valence-electron chi connectivity index (χ3n) is 4.12. The lowest BCUT2D eigenvalue weighted by atomic mass is 10.2. The fourth-order valence-electron chi connectivity index (χ4n) is 2.63. The molecule has 7 nitrogen and oxygen atoms in total. The van der Waals surface area contributed by atoms with E-state index in [0.717, 1.165) is 24.2 Å². The van der Waals surface area contributed by atoms with Gasteiger partial charge in [0.05, 0.1) is 28.5 Å². The molecule has 0 spiro atoms. The van der Waals surface area contributed by atoms with E-state index >= 15 is 0 Å². The van der Waals surface area contributed by atoms with Gasteiger partial charge in [0.25, 0.3) is 0 Å². The summed E-state index contributed by atoms with van der Waals surface area (Å²) < 4.78 is 63.4. The Morgan fingerprint density at radius 2 is 1.77 bits per heavy atom. The number of rotatable bonds is 5. The monoisotopic (exact) mass is 437 g/mol. The van der Waals surface area contributed by atoms with E-state index in [9.17, 15) is 21.6 Å². The van der Waals surface area contributed by atoms with Crippen LogP contribution in [0.15, 0.2) is 47.5 Å². The molecule has 0 unspecified atom stereocenters. The summed E-state index contributed by atoms with van der Waals surface area (Å²) >= 11 is 0. The van der Waals surface area contributed by atoms with Crippen molar-refractivity contribution in [3.8, 4) is 11.4 Å². The van der Waals surface area contributed by atoms with E-state index < -0.39 is 21.7 Å². The quantitative estimate of drug-likeness (QED) is 0.605. The molecular formula is C19H18F3N5O2S. The van der Waals surface area contributed by atoms with Gasteiger partial charge in [-0.25, -0.2) is 18.4 Å². The third kappa shape index (κ3) is 5.09. The number of aryl methyl sites for hydroxylation is 1. The van der Waals surface area contributed by atoms with Crippen LogP contribution in [-0.4, -0.2) is 41.7 Å². The highest BCUT2D eigenvalue weighted by atomic mass is 32.2. The van der Waals surface area contributed by atoms with Gasteiger partial charge in [0.2, 0.25) is 5.95 Å². The van der Waals surface area contributed by atoms with Crippen LogP contribution in [0.25, 0.3) is 11.4 Å². The van der Waals surface area contributed by atoms with Crippen LogP contribution in [0.4, 0.5) is 19.1 Å². The highest BCUT2D eigenvalue weighted by Crippen LogP contribution is 2.31. The number of nitrogens with zero attached hydrogens (tertiary/aromatic N) is 5. The summed E-state index contributed by atoms with van der Waals surface area (Å²) in [6.45, 7) is 2.01. The van der Waals surface area contributed by atoms with Crippen LogP contribution < -0.4 is 4.90 Å². The van der Waals surface area contributed by atoms with Crippen molar-refractivity contribution in [3.05, 3.63) is 59.7 Å². The molecule has 0 aliphatic carbocycles. The lowest BCUT2D eigenvalue weighted by Crippen LogP contribution is -2.22. The van der Waals surface area contributed by atoms with Gasteiger partial charge >= 0.3 is 6.18 Å². The van der Waals surface area contributed by atoms with Gasteiger partial charge in [0.15, 0.2) is 15.5 Å². The molecule has 0 aromatic carbocycles. The molecule has 3 heterocycles. The van der Waals surface area contributed by atoms with Crippen molar-refractivity contribution in [1.82, 2.24) is 19.9 Å².